The number of thiophene rings is 1. The van der Waals surface area contributed by atoms with Crippen LogP contribution in [0.5, 0.6) is 0 Å². The van der Waals surface area contributed by atoms with Crippen LogP contribution in [0.2, 0.25) is 0 Å². The summed E-state index contributed by atoms with van der Waals surface area (Å²) < 4.78 is 10.4. The van der Waals surface area contributed by atoms with E-state index in [2.05, 4.69) is 16.8 Å². The van der Waals surface area contributed by atoms with Gasteiger partial charge in [0, 0.05) is 22.4 Å². The van der Waals surface area contributed by atoms with Gasteiger partial charge in [-0.3, -0.25) is 4.79 Å². The molecular formula is C15H13NO4S. The third kappa shape index (κ3) is 1.90. The Balaban J connectivity index is 1.54. The molecule has 1 aromatic heterocycles. The molecule has 108 valence electrons. The fraction of sp³-hybridized carbons (Fsp3) is 0.333. The second-order valence-electron chi connectivity index (χ2n) is 5.39. The Hall–Kier alpha value is -2.08. The Labute approximate surface area is 125 Å². The summed E-state index contributed by atoms with van der Waals surface area (Å²) in [4.78, 5) is 24.7. The smallest absolute Gasteiger partial charge is 0.336 e. The molecule has 1 saturated heterocycles. The molecular weight excluding hydrogens is 290 g/mol. The van der Waals surface area contributed by atoms with Crippen LogP contribution in [0.15, 0.2) is 34.9 Å². The van der Waals surface area contributed by atoms with Crippen molar-refractivity contribution in [2.75, 3.05) is 0 Å². The summed E-state index contributed by atoms with van der Waals surface area (Å²) in [6.45, 7) is 1.67. The number of amides is 1. The van der Waals surface area contributed by atoms with Crippen LogP contribution in [0.3, 0.4) is 0 Å². The van der Waals surface area contributed by atoms with Crippen molar-refractivity contribution < 1.29 is 19.1 Å². The Morgan fingerprint density at radius 2 is 2.33 bits per heavy atom. The molecule has 1 fully saturated rings. The van der Waals surface area contributed by atoms with Gasteiger partial charge in [-0.1, -0.05) is 0 Å². The summed E-state index contributed by atoms with van der Waals surface area (Å²) in [7, 11) is 0. The molecule has 0 bridgehead atoms. The number of carbonyl (C=O) groups excluding carboxylic acids is 2. The number of fused-ring (bicyclic) bond motifs is 3. The van der Waals surface area contributed by atoms with Crippen molar-refractivity contribution in [3.05, 3.63) is 45.4 Å². The fourth-order valence-corrected chi connectivity index (χ4v) is 4.03. The predicted octanol–water partition coefficient (Wildman–Crippen LogP) is 1.82. The van der Waals surface area contributed by atoms with E-state index >= 15 is 0 Å². The minimum Gasteiger partial charge on any atom is -0.458 e. The summed E-state index contributed by atoms with van der Waals surface area (Å²) >= 11 is 1.72. The lowest BCUT2D eigenvalue weighted by Crippen LogP contribution is -2.18. The van der Waals surface area contributed by atoms with Crippen molar-refractivity contribution in [2.45, 2.75) is 25.7 Å². The lowest BCUT2D eigenvalue weighted by Gasteiger charge is -2.11. The van der Waals surface area contributed by atoms with E-state index < -0.39 is 6.29 Å². The number of nitrogens with one attached hydrogen (secondary N) is 1. The van der Waals surface area contributed by atoms with Crippen LogP contribution < -0.4 is 5.32 Å². The molecule has 2 aliphatic heterocycles. The second kappa shape index (κ2) is 4.46. The van der Waals surface area contributed by atoms with Gasteiger partial charge < -0.3 is 14.8 Å². The molecule has 3 aliphatic rings. The van der Waals surface area contributed by atoms with Crippen LogP contribution in [0.25, 0.3) is 0 Å². The van der Waals surface area contributed by atoms with Crippen molar-refractivity contribution in [2.24, 2.45) is 5.92 Å². The zero-order valence-electron chi connectivity index (χ0n) is 11.3. The molecule has 3 unspecified atom stereocenters. The normalized spacial score (nSPS) is 31.8. The minimum atomic E-state index is -0.729. The highest BCUT2D eigenvalue weighted by atomic mass is 32.1. The Bertz CT molecular complexity index is 702. The van der Waals surface area contributed by atoms with E-state index in [1.165, 1.54) is 16.7 Å². The molecule has 0 aromatic carbocycles. The van der Waals surface area contributed by atoms with Crippen LogP contribution >= 0.6 is 11.3 Å². The lowest BCUT2D eigenvalue weighted by molar-refractivity contribution is -0.152. The van der Waals surface area contributed by atoms with E-state index in [0.29, 0.717) is 11.1 Å². The molecule has 0 radical (unpaired) electrons. The topological polar surface area (TPSA) is 64.6 Å². The van der Waals surface area contributed by atoms with Gasteiger partial charge in [-0.05, 0) is 30.4 Å². The van der Waals surface area contributed by atoms with Crippen LogP contribution in [0.4, 0.5) is 0 Å². The molecule has 5 nitrogen and oxygen atoms in total. The third-order valence-electron chi connectivity index (χ3n) is 4.13. The molecule has 0 saturated carbocycles. The number of esters is 1. The van der Waals surface area contributed by atoms with Crippen molar-refractivity contribution in [3.8, 4) is 0 Å². The van der Waals surface area contributed by atoms with Gasteiger partial charge >= 0.3 is 5.97 Å². The zero-order valence-corrected chi connectivity index (χ0v) is 12.1. The third-order valence-corrected chi connectivity index (χ3v) is 5.09. The average Bonchev–Trinajstić information content (AvgIpc) is 3.13. The van der Waals surface area contributed by atoms with Gasteiger partial charge in [-0.2, -0.15) is 0 Å². The Kier molecular flexibility index (Phi) is 2.68. The van der Waals surface area contributed by atoms with Gasteiger partial charge in [0.05, 0.1) is 17.9 Å². The van der Waals surface area contributed by atoms with Crippen molar-refractivity contribution in [3.63, 3.8) is 0 Å². The highest BCUT2D eigenvalue weighted by Gasteiger charge is 2.44. The van der Waals surface area contributed by atoms with Gasteiger partial charge in [-0.25, -0.2) is 4.79 Å². The molecule has 3 atom stereocenters. The maximum atomic E-state index is 12.1. The lowest BCUT2D eigenvalue weighted by atomic mass is 9.98. The van der Waals surface area contributed by atoms with E-state index in [4.69, 9.17) is 9.47 Å². The molecule has 3 heterocycles. The quantitative estimate of drug-likeness (QED) is 0.514. The molecule has 6 heteroatoms. The molecule has 1 N–H and O–H groups in total. The number of hydrogen-bond donors (Lipinski definition) is 1. The van der Waals surface area contributed by atoms with Crippen molar-refractivity contribution in [1.29, 1.82) is 0 Å². The summed E-state index contributed by atoms with van der Waals surface area (Å²) in [5.41, 5.74) is 2.36. The first-order valence-corrected chi connectivity index (χ1v) is 7.63. The van der Waals surface area contributed by atoms with Crippen molar-refractivity contribution in [1.82, 2.24) is 5.32 Å². The summed E-state index contributed by atoms with van der Waals surface area (Å²) in [5, 5.41) is 5.05. The first-order valence-electron chi connectivity index (χ1n) is 6.75. The van der Waals surface area contributed by atoms with Crippen LogP contribution in [-0.4, -0.2) is 18.2 Å². The Morgan fingerprint density at radius 3 is 3.10 bits per heavy atom. The van der Waals surface area contributed by atoms with Gasteiger partial charge in [-0.15, -0.1) is 11.3 Å². The van der Waals surface area contributed by atoms with E-state index in [1.807, 2.05) is 0 Å². The predicted molar refractivity (Wildman–Crippen MR) is 75.2 cm³/mol. The summed E-state index contributed by atoms with van der Waals surface area (Å²) in [5.74, 6) is -0.371. The first-order chi connectivity index (χ1) is 10.1. The molecule has 21 heavy (non-hydrogen) atoms. The molecule has 0 spiro atoms. The molecule has 4 rings (SSSR count). The minimum absolute atomic E-state index is 0.0528. The molecule has 1 aromatic rings. The number of rotatable bonds is 2. The molecule has 1 aliphatic carbocycles. The monoisotopic (exact) mass is 303 g/mol. The maximum absolute atomic E-state index is 12.1. The fourth-order valence-electron chi connectivity index (χ4n) is 3.04. The van der Waals surface area contributed by atoms with E-state index in [9.17, 15) is 9.59 Å². The van der Waals surface area contributed by atoms with Crippen LogP contribution in [0.1, 0.15) is 23.4 Å². The largest absolute Gasteiger partial charge is 0.458 e. The van der Waals surface area contributed by atoms with Gasteiger partial charge in [0.1, 0.15) is 0 Å². The summed E-state index contributed by atoms with van der Waals surface area (Å²) in [6, 6.07) is 2.12. The number of carbonyl (C=O) groups is 2. The standard InChI is InChI=1S/C15H13NO4S/c1-7-4-12(20-15(7)18)19-6-10-9-5-11-8(2-3-21-11)13(9)16-14(10)17/h2-4,6,9,12-13H,5H2,1H3,(H,16,17)/b10-6+. The zero-order chi connectivity index (χ0) is 14.6. The SMILES string of the molecule is CC1=CC(O/C=C2/C(=O)NC3c4ccsc4CC23)OC1=O. The van der Waals surface area contributed by atoms with Gasteiger partial charge in [0.25, 0.3) is 12.2 Å². The van der Waals surface area contributed by atoms with Crippen LogP contribution in [-0.2, 0) is 25.5 Å². The van der Waals surface area contributed by atoms with Gasteiger partial charge in [0.2, 0.25) is 0 Å². The van der Waals surface area contributed by atoms with E-state index in [0.717, 1.165) is 6.42 Å². The Morgan fingerprint density at radius 1 is 1.48 bits per heavy atom. The highest BCUT2D eigenvalue weighted by Crippen LogP contribution is 2.46. The average molecular weight is 303 g/mol. The second-order valence-corrected chi connectivity index (χ2v) is 6.39. The molecule has 1 amide bonds. The van der Waals surface area contributed by atoms with Gasteiger partial charge in [0.15, 0.2) is 0 Å². The van der Waals surface area contributed by atoms with Crippen LogP contribution in [0, 0.1) is 5.92 Å². The first kappa shape index (κ1) is 12.6. The maximum Gasteiger partial charge on any atom is 0.336 e. The summed E-state index contributed by atoms with van der Waals surface area (Å²) in [6.07, 6.45) is 3.18. The number of cyclic esters (lactones) is 1. The van der Waals surface area contributed by atoms with Crippen molar-refractivity contribution >= 4 is 23.2 Å². The number of ether oxygens (including phenoxy) is 2. The highest BCUT2D eigenvalue weighted by molar-refractivity contribution is 7.10. The van der Waals surface area contributed by atoms with E-state index in [1.54, 1.807) is 24.3 Å². The number of hydrogen-bond acceptors (Lipinski definition) is 5. The van der Waals surface area contributed by atoms with E-state index in [-0.39, 0.29) is 23.8 Å².